The van der Waals surface area contributed by atoms with Crippen molar-refractivity contribution in [1.82, 2.24) is 5.32 Å². The van der Waals surface area contributed by atoms with E-state index < -0.39 is 5.60 Å². The highest BCUT2D eigenvalue weighted by atomic mass is 32.2. The monoisotopic (exact) mass is 529 g/mol. The van der Waals surface area contributed by atoms with E-state index in [1.54, 1.807) is 6.08 Å². The summed E-state index contributed by atoms with van der Waals surface area (Å²) in [7, 11) is 0. The third-order valence-corrected chi connectivity index (χ3v) is 7.96. The average molecular weight is 530 g/mol. The predicted molar refractivity (Wildman–Crippen MR) is 150 cm³/mol. The highest BCUT2D eigenvalue weighted by Crippen LogP contribution is 2.44. The molecule has 0 aliphatic carbocycles. The second-order valence-corrected chi connectivity index (χ2v) is 11.1. The largest absolute Gasteiger partial charge is 0.489 e. The van der Waals surface area contributed by atoms with Gasteiger partial charge in [0, 0.05) is 5.56 Å². The molecule has 0 aromatic heterocycles. The van der Waals surface area contributed by atoms with Crippen molar-refractivity contribution in [3.63, 3.8) is 0 Å². The molecule has 1 saturated heterocycles. The minimum absolute atomic E-state index is 0.347. The van der Waals surface area contributed by atoms with Crippen molar-refractivity contribution in [1.29, 1.82) is 0 Å². The molecule has 1 unspecified atom stereocenters. The zero-order valence-electron chi connectivity index (χ0n) is 22.1. The zero-order valence-corrected chi connectivity index (χ0v) is 22.9. The maximum absolute atomic E-state index is 11.8. The second kappa shape index (κ2) is 10.6. The molecule has 1 N–H and O–H groups in total. The quantitative estimate of drug-likeness (QED) is 0.344. The van der Waals surface area contributed by atoms with Crippen LogP contribution in [0.4, 0.5) is 4.79 Å². The third-order valence-electron chi connectivity index (χ3n) is 7.15. The molecule has 38 heavy (non-hydrogen) atoms. The van der Waals surface area contributed by atoms with Crippen LogP contribution in [0.3, 0.4) is 0 Å². The first kappa shape index (κ1) is 25.9. The summed E-state index contributed by atoms with van der Waals surface area (Å²) in [6, 6.07) is 17.7. The van der Waals surface area contributed by atoms with Crippen LogP contribution in [0.1, 0.15) is 46.7 Å². The van der Waals surface area contributed by atoms with E-state index in [4.69, 9.17) is 14.2 Å². The van der Waals surface area contributed by atoms with Crippen molar-refractivity contribution in [2.24, 2.45) is 0 Å². The molecule has 0 bridgehead atoms. The minimum atomic E-state index is -0.470. The van der Waals surface area contributed by atoms with E-state index >= 15 is 0 Å². The summed E-state index contributed by atoms with van der Waals surface area (Å²) >= 11 is 0.907. The van der Waals surface area contributed by atoms with Gasteiger partial charge in [0.2, 0.25) is 0 Å². The molecule has 2 aliphatic rings. The highest BCUT2D eigenvalue weighted by molar-refractivity contribution is 8.18. The standard InChI is InChI=1S/C31H31NO5S/c1-19-20(2)28-25(21(3)27(19)35-17-23-8-6-5-7-9-23)14-15-31(4,37-28)18-36-24-12-10-22(11-13-24)16-26-29(33)32-30(34)38-26/h5-13,16H,14-15,17-18H2,1-4H3,(H,32,33,34). The average Bonchev–Trinajstić information content (AvgIpc) is 3.23. The second-order valence-electron chi connectivity index (χ2n) is 10.0. The lowest BCUT2D eigenvalue weighted by atomic mass is 9.87. The van der Waals surface area contributed by atoms with Gasteiger partial charge in [-0.25, -0.2) is 0 Å². The molecule has 1 fully saturated rings. The number of thioether (sulfide) groups is 1. The van der Waals surface area contributed by atoms with Crippen LogP contribution in [0.5, 0.6) is 17.2 Å². The van der Waals surface area contributed by atoms with Gasteiger partial charge in [-0.1, -0.05) is 42.5 Å². The van der Waals surface area contributed by atoms with Crippen LogP contribution < -0.4 is 19.5 Å². The molecular formula is C31H31NO5S. The van der Waals surface area contributed by atoms with Gasteiger partial charge in [-0.2, -0.15) is 0 Å². The van der Waals surface area contributed by atoms with E-state index in [1.807, 2.05) is 42.5 Å². The van der Waals surface area contributed by atoms with E-state index in [0.29, 0.717) is 18.1 Å². The molecular weight excluding hydrogens is 498 g/mol. The summed E-state index contributed by atoms with van der Waals surface area (Å²) in [5.41, 5.74) is 6.05. The Bertz CT molecular complexity index is 1410. The Balaban J connectivity index is 1.26. The molecule has 2 amide bonds. The summed E-state index contributed by atoms with van der Waals surface area (Å²) in [4.78, 5) is 23.5. The molecule has 3 aromatic carbocycles. The molecule has 5 rings (SSSR count). The Morgan fingerprint density at radius 3 is 2.39 bits per heavy atom. The Hall–Kier alpha value is -3.71. The molecule has 0 saturated carbocycles. The number of fused-ring (bicyclic) bond motifs is 1. The molecule has 0 spiro atoms. The predicted octanol–water partition coefficient (Wildman–Crippen LogP) is 6.68. The van der Waals surface area contributed by atoms with Crippen LogP contribution in [0.25, 0.3) is 6.08 Å². The lowest BCUT2D eigenvalue weighted by Gasteiger charge is -2.38. The number of hydrogen-bond donors (Lipinski definition) is 1. The van der Waals surface area contributed by atoms with Crippen molar-refractivity contribution in [2.45, 2.75) is 52.7 Å². The van der Waals surface area contributed by atoms with E-state index in [9.17, 15) is 9.59 Å². The topological polar surface area (TPSA) is 73.9 Å². The fourth-order valence-electron chi connectivity index (χ4n) is 4.80. The number of rotatable bonds is 7. The molecule has 1 atom stereocenters. The SMILES string of the molecule is Cc1c(C)c2c(c(C)c1OCc1ccccc1)CCC(C)(COc1ccc(C=C3SC(=O)NC3=O)cc1)O2. The number of amides is 2. The van der Waals surface area contributed by atoms with E-state index in [1.165, 1.54) is 5.56 Å². The zero-order chi connectivity index (χ0) is 26.9. The van der Waals surface area contributed by atoms with Gasteiger partial charge in [0.15, 0.2) is 0 Å². The van der Waals surface area contributed by atoms with Gasteiger partial charge in [-0.15, -0.1) is 0 Å². The minimum Gasteiger partial charge on any atom is -0.489 e. The molecule has 7 heteroatoms. The van der Waals surface area contributed by atoms with Crippen molar-refractivity contribution < 1.29 is 23.8 Å². The fourth-order valence-corrected chi connectivity index (χ4v) is 5.48. The summed E-state index contributed by atoms with van der Waals surface area (Å²) < 4.78 is 19.0. The molecule has 2 heterocycles. The van der Waals surface area contributed by atoms with Crippen molar-refractivity contribution in [2.75, 3.05) is 6.61 Å². The maximum atomic E-state index is 11.8. The third kappa shape index (κ3) is 5.43. The first-order valence-corrected chi connectivity index (χ1v) is 13.5. The van der Waals surface area contributed by atoms with Crippen LogP contribution in [-0.4, -0.2) is 23.4 Å². The Morgan fingerprint density at radius 2 is 1.71 bits per heavy atom. The summed E-state index contributed by atoms with van der Waals surface area (Å²) in [5, 5.41) is 1.92. The Kier molecular flexibility index (Phi) is 7.21. The van der Waals surface area contributed by atoms with Gasteiger partial charge < -0.3 is 14.2 Å². The number of hydrogen-bond acceptors (Lipinski definition) is 6. The summed E-state index contributed by atoms with van der Waals surface area (Å²) in [6.07, 6.45) is 3.41. The number of carbonyl (C=O) groups is 2. The van der Waals surface area contributed by atoms with Gasteiger partial charge in [0.1, 0.15) is 36.1 Å². The molecule has 3 aromatic rings. The van der Waals surface area contributed by atoms with Gasteiger partial charge in [-0.3, -0.25) is 14.9 Å². The molecule has 0 radical (unpaired) electrons. The van der Waals surface area contributed by atoms with Gasteiger partial charge in [-0.05, 0) is 98.3 Å². The van der Waals surface area contributed by atoms with Crippen molar-refractivity contribution in [3.05, 3.63) is 92.9 Å². The van der Waals surface area contributed by atoms with Crippen LogP contribution in [0.2, 0.25) is 0 Å². The summed E-state index contributed by atoms with van der Waals surface area (Å²) in [6.45, 7) is 9.34. The van der Waals surface area contributed by atoms with Crippen molar-refractivity contribution in [3.8, 4) is 17.2 Å². The van der Waals surface area contributed by atoms with Gasteiger partial charge in [0.05, 0.1) is 4.91 Å². The number of ether oxygens (including phenoxy) is 3. The smallest absolute Gasteiger partial charge is 0.290 e. The van der Waals surface area contributed by atoms with Crippen LogP contribution >= 0.6 is 11.8 Å². The summed E-state index contributed by atoms with van der Waals surface area (Å²) in [5.74, 6) is 2.24. The van der Waals surface area contributed by atoms with E-state index in [0.717, 1.165) is 69.7 Å². The van der Waals surface area contributed by atoms with E-state index in [-0.39, 0.29) is 11.1 Å². The number of carbonyl (C=O) groups excluding carboxylic acids is 2. The van der Waals surface area contributed by atoms with Crippen LogP contribution in [0.15, 0.2) is 59.5 Å². The van der Waals surface area contributed by atoms with Gasteiger partial charge >= 0.3 is 0 Å². The molecule has 6 nitrogen and oxygen atoms in total. The number of benzene rings is 3. The molecule has 196 valence electrons. The number of nitrogens with one attached hydrogen (secondary N) is 1. The lowest BCUT2D eigenvalue weighted by molar-refractivity contribution is -0.115. The van der Waals surface area contributed by atoms with Crippen molar-refractivity contribution >= 4 is 29.0 Å². The first-order valence-electron chi connectivity index (χ1n) is 12.7. The molecule has 2 aliphatic heterocycles. The highest BCUT2D eigenvalue weighted by Gasteiger charge is 2.35. The van der Waals surface area contributed by atoms with E-state index in [2.05, 4.69) is 45.1 Å². The number of imide groups is 1. The normalized spacial score (nSPS) is 19.6. The lowest BCUT2D eigenvalue weighted by Crippen LogP contribution is -2.42. The fraction of sp³-hybridized carbons (Fsp3) is 0.290. The maximum Gasteiger partial charge on any atom is 0.290 e. The first-order chi connectivity index (χ1) is 18.2. The Labute approximate surface area is 227 Å². The van der Waals surface area contributed by atoms with Crippen LogP contribution in [-0.2, 0) is 17.8 Å². The Morgan fingerprint density at radius 1 is 0.974 bits per heavy atom. The van der Waals surface area contributed by atoms with Gasteiger partial charge in [0.25, 0.3) is 11.1 Å². The van der Waals surface area contributed by atoms with Crippen LogP contribution in [0, 0.1) is 20.8 Å².